The van der Waals surface area contributed by atoms with Crippen molar-refractivity contribution in [3.8, 4) is 0 Å². The zero-order chi connectivity index (χ0) is 7.40. The highest BCUT2D eigenvalue weighted by Gasteiger charge is 2.14. The van der Waals surface area contributed by atoms with Crippen molar-refractivity contribution in [3.63, 3.8) is 0 Å². The highest BCUT2D eigenvalue weighted by molar-refractivity contribution is 8.00. The summed E-state index contributed by atoms with van der Waals surface area (Å²) < 4.78 is 0. The SMILES string of the molecule is NC(=O)CCC1CNCS1. The average molecular weight is 160 g/mol. The number of carbonyl (C=O) groups is 1. The molecule has 58 valence electrons. The predicted molar refractivity (Wildman–Crippen MR) is 42.7 cm³/mol. The van der Waals surface area contributed by atoms with E-state index in [2.05, 4.69) is 5.32 Å². The summed E-state index contributed by atoms with van der Waals surface area (Å²) in [7, 11) is 0. The molecule has 1 heterocycles. The van der Waals surface area contributed by atoms with Crippen molar-refractivity contribution in [3.05, 3.63) is 0 Å². The van der Waals surface area contributed by atoms with E-state index in [-0.39, 0.29) is 5.91 Å². The van der Waals surface area contributed by atoms with Crippen LogP contribution in [0.2, 0.25) is 0 Å². The fraction of sp³-hybridized carbons (Fsp3) is 0.833. The van der Waals surface area contributed by atoms with Gasteiger partial charge in [0.05, 0.1) is 0 Å². The first-order valence-electron chi connectivity index (χ1n) is 3.39. The van der Waals surface area contributed by atoms with E-state index in [1.807, 2.05) is 11.8 Å². The fourth-order valence-electron chi connectivity index (χ4n) is 0.944. The van der Waals surface area contributed by atoms with Gasteiger partial charge in [0, 0.05) is 24.1 Å². The van der Waals surface area contributed by atoms with Crippen molar-refractivity contribution in [1.29, 1.82) is 0 Å². The highest BCUT2D eigenvalue weighted by atomic mass is 32.2. The van der Waals surface area contributed by atoms with E-state index in [0.29, 0.717) is 11.7 Å². The van der Waals surface area contributed by atoms with Gasteiger partial charge in [-0.15, -0.1) is 11.8 Å². The molecular weight excluding hydrogens is 148 g/mol. The largest absolute Gasteiger partial charge is 0.370 e. The molecule has 1 aliphatic heterocycles. The van der Waals surface area contributed by atoms with Gasteiger partial charge in [0.2, 0.25) is 5.91 Å². The Morgan fingerprint density at radius 1 is 1.80 bits per heavy atom. The molecule has 3 N–H and O–H groups in total. The Labute approximate surface area is 64.7 Å². The number of nitrogens with one attached hydrogen (secondary N) is 1. The first-order chi connectivity index (χ1) is 4.79. The quantitative estimate of drug-likeness (QED) is 0.607. The van der Waals surface area contributed by atoms with E-state index in [0.717, 1.165) is 18.8 Å². The minimum Gasteiger partial charge on any atom is -0.370 e. The summed E-state index contributed by atoms with van der Waals surface area (Å²) >= 11 is 1.87. The molecule has 1 rings (SSSR count). The molecule has 1 aliphatic rings. The summed E-state index contributed by atoms with van der Waals surface area (Å²) in [6.45, 7) is 1.03. The van der Waals surface area contributed by atoms with E-state index in [1.54, 1.807) is 0 Å². The molecule has 0 bridgehead atoms. The molecule has 0 saturated carbocycles. The van der Waals surface area contributed by atoms with Gasteiger partial charge in [-0.05, 0) is 6.42 Å². The molecule has 1 fully saturated rings. The normalized spacial score (nSPS) is 25.0. The van der Waals surface area contributed by atoms with E-state index < -0.39 is 0 Å². The number of carbonyl (C=O) groups excluding carboxylic acids is 1. The molecule has 4 heteroatoms. The molecular formula is C6H12N2OS. The number of hydrogen-bond donors (Lipinski definition) is 2. The second kappa shape index (κ2) is 3.83. The van der Waals surface area contributed by atoms with Crippen LogP contribution >= 0.6 is 11.8 Å². The Balaban J connectivity index is 2.07. The first-order valence-corrected chi connectivity index (χ1v) is 4.44. The van der Waals surface area contributed by atoms with Crippen molar-refractivity contribution in [1.82, 2.24) is 5.32 Å². The van der Waals surface area contributed by atoms with Gasteiger partial charge in [-0.3, -0.25) is 4.79 Å². The van der Waals surface area contributed by atoms with E-state index in [1.165, 1.54) is 0 Å². The molecule has 1 saturated heterocycles. The molecule has 1 amide bonds. The number of nitrogens with two attached hydrogens (primary N) is 1. The maximum atomic E-state index is 10.3. The van der Waals surface area contributed by atoms with Crippen LogP contribution in [0.1, 0.15) is 12.8 Å². The van der Waals surface area contributed by atoms with Gasteiger partial charge in [-0.25, -0.2) is 0 Å². The maximum Gasteiger partial charge on any atom is 0.217 e. The Morgan fingerprint density at radius 2 is 2.60 bits per heavy atom. The third kappa shape index (κ3) is 2.58. The molecule has 0 aromatic heterocycles. The molecule has 10 heavy (non-hydrogen) atoms. The van der Waals surface area contributed by atoms with E-state index >= 15 is 0 Å². The van der Waals surface area contributed by atoms with Gasteiger partial charge in [0.25, 0.3) is 0 Å². The number of hydrogen-bond acceptors (Lipinski definition) is 3. The summed E-state index contributed by atoms with van der Waals surface area (Å²) in [5, 5.41) is 3.81. The Kier molecular flexibility index (Phi) is 3.02. The minimum atomic E-state index is -0.187. The van der Waals surface area contributed by atoms with Gasteiger partial charge in [-0.1, -0.05) is 0 Å². The predicted octanol–water partition coefficient (Wildman–Crippen LogP) is -0.0856. The lowest BCUT2D eigenvalue weighted by Crippen LogP contribution is -2.16. The molecule has 1 atom stereocenters. The smallest absolute Gasteiger partial charge is 0.217 e. The number of primary amides is 1. The van der Waals surface area contributed by atoms with Crippen molar-refractivity contribution in [2.24, 2.45) is 5.73 Å². The maximum absolute atomic E-state index is 10.3. The summed E-state index contributed by atoms with van der Waals surface area (Å²) in [5.41, 5.74) is 5.00. The highest BCUT2D eigenvalue weighted by Crippen LogP contribution is 2.18. The van der Waals surface area contributed by atoms with Crippen molar-refractivity contribution in [2.45, 2.75) is 18.1 Å². The Bertz CT molecular complexity index is 123. The Morgan fingerprint density at radius 3 is 3.10 bits per heavy atom. The van der Waals surface area contributed by atoms with Crippen LogP contribution in [0.4, 0.5) is 0 Å². The van der Waals surface area contributed by atoms with Gasteiger partial charge in [0.15, 0.2) is 0 Å². The van der Waals surface area contributed by atoms with Crippen molar-refractivity contribution >= 4 is 17.7 Å². The fourth-order valence-corrected chi connectivity index (χ4v) is 1.94. The van der Waals surface area contributed by atoms with Gasteiger partial charge < -0.3 is 11.1 Å². The molecule has 0 aromatic rings. The third-order valence-corrected chi connectivity index (χ3v) is 2.75. The van der Waals surface area contributed by atoms with Crippen LogP contribution in [0, 0.1) is 0 Å². The van der Waals surface area contributed by atoms with Crippen LogP contribution in [-0.4, -0.2) is 23.6 Å². The van der Waals surface area contributed by atoms with Crippen LogP contribution in [0.3, 0.4) is 0 Å². The lowest BCUT2D eigenvalue weighted by molar-refractivity contribution is -0.118. The second-order valence-corrected chi connectivity index (χ2v) is 3.68. The number of rotatable bonds is 3. The first kappa shape index (κ1) is 7.88. The lowest BCUT2D eigenvalue weighted by Gasteiger charge is -2.03. The molecule has 3 nitrogen and oxygen atoms in total. The molecule has 0 aliphatic carbocycles. The van der Waals surface area contributed by atoms with E-state index in [4.69, 9.17) is 5.73 Å². The van der Waals surface area contributed by atoms with Crippen LogP contribution in [-0.2, 0) is 4.79 Å². The lowest BCUT2D eigenvalue weighted by atomic mass is 10.2. The zero-order valence-electron chi connectivity index (χ0n) is 5.80. The van der Waals surface area contributed by atoms with Gasteiger partial charge in [0.1, 0.15) is 0 Å². The molecule has 0 radical (unpaired) electrons. The summed E-state index contributed by atoms with van der Waals surface area (Å²) in [5.74, 6) is 0.830. The zero-order valence-corrected chi connectivity index (χ0v) is 6.62. The van der Waals surface area contributed by atoms with Crippen LogP contribution in [0.15, 0.2) is 0 Å². The molecule has 1 unspecified atom stereocenters. The number of thioether (sulfide) groups is 1. The van der Waals surface area contributed by atoms with Gasteiger partial charge >= 0.3 is 0 Å². The average Bonchev–Trinajstić information content (AvgIpc) is 2.34. The topological polar surface area (TPSA) is 55.1 Å². The standard InChI is InChI=1S/C6H12N2OS/c7-6(9)2-1-5-3-8-4-10-5/h5,8H,1-4H2,(H2,7,9). The monoisotopic (exact) mass is 160 g/mol. The van der Waals surface area contributed by atoms with Gasteiger partial charge in [-0.2, -0.15) is 0 Å². The van der Waals surface area contributed by atoms with Crippen molar-refractivity contribution in [2.75, 3.05) is 12.4 Å². The summed E-state index contributed by atoms with van der Waals surface area (Å²) in [6.07, 6.45) is 1.45. The Hall–Kier alpha value is -0.220. The third-order valence-electron chi connectivity index (χ3n) is 1.51. The molecule has 0 spiro atoms. The van der Waals surface area contributed by atoms with Crippen LogP contribution in [0.25, 0.3) is 0 Å². The minimum absolute atomic E-state index is 0.187. The number of amides is 1. The van der Waals surface area contributed by atoms with E-state index in [9.17, 15) is 4.79 Å². The summed E-state index contributed by atoms with van der Waals surface area (Å²) in [6, 6.07) is 0. The van der Waals surface area contributed by atoms with Crippen LogP contribution < -0.4 is 11.1 Å². The van der Waals surface area contributed by atoms with Crippen molar-refractivity contribution < 1.29 is 4.79 Å². The molecule has 0 aromatic carbocycles. The van der Waals surface area contributed by atoms with Crippen LogP contribution in [0.5, 0.6) is 0 Å². The summed E-state index contributed by atoms with van der Waals surface area (Å²) in [4.78, 5) is 10.3. The second-order valence-electron chi connectivity index (χ2n) is 2.39.